The van der Waals surface area contributed by atoms with Crippen LogP contribution >= 0.6 is 0 Å². The van der Waals surface area contributed by atoms with Gasteiger partial charge in [-0.25, -0.2) is 0 Å². The minimum Gasteiger partial charge on any atom is -0.336 e. The van der Waals surface area contributed by atoms with Crippen molar-refractivity contribution < 1.29 is 9.63 Å². The maximum Gasteiger partial charge on any atom is 0.246 e. The number of nitrogens with zero attached hydrogens (tertiary/aromatic N) is 2. The lowest BCUT2D eigenvalue weighted by Crippen LogP contribution is -2.48. The molecule has 0 spiro atoms. The van der Waals surface area contributed by atoms with E-state index < -0.39 is 0 Å². The molecule has 2 aromatic rings. The fourth-order valence-electron chi connectivity index (χ4n) is 2.61. The molecule has 0 unspecified atom stereocenters. The number of hydrogen-bond acceptors (Lipinski definition) is 3. The SMILES string of the molecule is O=C(C=Cc1ccccc1)N1CCN(OCc2ccccc2)CC1. The molecule has 0 radical (unpaired) electrons. The summed E-state index contributed by atoms with van der Waals surface area (Å²) in [7, 11) is 0. The van der Waals surface area contributed by atoms with E-state index in [4.69, 9.17) is 4.84 Å². The van der Waals surface area contributed by atoms with Crippen LogP contribution in [0.5, 0.6) is 0 Å². The Morgan fingerprint density at radius 2 is 1.54 bits per heavy atom. The molecule has 0 aliphatic carbocycles. The Balaban J connectivity index is 1.43. The summed E-state index contributed by atoms with van der Waals surface area (Å²) in [6.07, 6.45) is 3.51. The Hall–Kier alpha value is -2.43. The Kier molecular flexibility index (Phi) is 5.77. The van der Waals surface area contributed by atoms with E-state index in [1.54, 1.807) is 6.08 Å². The van der Waals surface area contributed by atoms with Gasteiger partial charge in [0.15, 0.2) is 0 Å². The van der Waals surface area contributed by atoms with Crippen LogP contribution in [0, 0.1) is 0 Å². The van der Waals surface area contributed by atoms with Crippen LogP contribution in [-0.2, 0) is 16.2 Å². The summed E-state index contributed by atoms with van der Waals surface area (Å²) >= 11 is 0. The third kappa shape index (κ3) is 4.78. The summed E-state index contributed by atoms with van der Waals surface area (Å²) in [4.78, 5) is 19.9. The number of hydroxylamine groups is 2. The minimum absolute atomic E-state index is 0.0570. The standard InChI is InChI=1S/C20H22N2O2/c23-20(12-11-18-7-3-1-4-8-18)21-13-15-22(16-14-21)24-17-19-9-5-2-6-10-19/h1-12H,13-17H2. The summed E-state index contributed by atoms with van der Waals surface area (Å²) in [5.41, 5.74) is 2.19. The highest BCUT2D eigenvalue weighted by Crippen LogP contribution is 2.08. The van der Waals surface area contributed by atoms with Crippen LogP contribution in [-0.4, -0.2) is 42.0 Å². The zero-order chi connectivity index (χ0) is 16.6. The van der Waals surface area contributed by atoms with Gasteiger partial charge < -0.3 is 4.90 Å². The molecular weight excluding hydrogens is 300 g/mol. The van der Waals surface area contributed by atoms with Crippen LogP contribution in [0.1, 0.15) is 11.1 Å². The molecule has 1 aliphatic heterocycles. The van der Waals surface area contributed by atoms with Crippen molar-refractivity contribution >= 4 is 12.0 Å². The lowest BCUT2D eigenvalue weighted by Gasteiger charge is -2.33. The molecule has 1 saturated heterocycles. The molecule has 0 aromatic heterocycles. The second-order valence-electron chi connectivity index (χ2n) is 5.76. The van der Waals surface area contributed by atoms with E-state index in [9.17, 15) is 4.79 Å². The van der Waals surface area contributed by atoms with Gasteiger partial charge in [0.1, 0.15) is 0 Å². The third-order valence-corrected chi connectivity index (χ3v) is 4.02. The van der Waals surface area contributed by atoms with Crippen molar-refractivity contribution in [1.29, 1.82) is 0 Å². The number of carbonyl (C=O) groups excluding carboxylic acids is 1. The molecule has 24 heavy (non-hydrogen) atoms. The Labute approximate surface area is 142 Å². The number of piperazine rings is 1. The molecule has 124 valence electrons. The fraction of sp³-hybridized carbons (Fsp3) is 0.250. The van der Waals surface area contributed by atoms with Gasteiger partial charge in [-0.15, -0.1) is 0 Å². The van der Waals surface area contributed by atoms with Crippen molar-refractivity contribution in [3.8, 4) is 0 Å². The van der Waals surface area contributed by atoms with Crippen LogP contribution in [0.2, 0.25) is 0 Å². The predicted octanol–water partition coefficient (Wildman–Crippen LogP) is 2.98. The zero-order valence-corrected chi connectivity index (χ0v) is 13.7. The molecule has 0 saturated carbocycles. The molecule has 3 rings (SSSR count). The van der Waals surface area contributed by atoms with Gasteiger partial charge in [-0.1, -0.05) is 60.7 Å². The molecular formula is C20H22N2O2. The first kappa shape index (κ1) is 16.4. The average Bonchev–Trinajstić information content (AvgIpc) is 2.66. The highest BCUT2D eigenvalue weighted by molar-refractivity contribution is 5.91. The maximum atomic E-state index is 12.2. The summed E-state index contributed by atoms with van der Waals surface area (Å²) in [5.74, 6) is 0.0570. The Morgan fingerprint density at radius 3 is 2.21 bits per heavy atom. The summed E-state index contributed by atoms with van der Waals surface area (Å²) in [5, 5.41) is 1.94. The zero-order valence-electron chi connectivity index (χ0n) is 13.7. The predicted molar refractivity (Wildman–Crippen MR) is 94.9 cm³/mol. The van der Waals surface area contributed by atoms with Crippen LogP contribution in [0.3, 0.4) is 0 Å². The van der Waals surface area contributed by atoms with Crippen molar-refractivity contribution in [2.24, 2.45) is 0 Å². The van der Waals surface area contributed by atoms with Crippen molar-refractivity contribution in [3.63, 3.8) is 0 Å². The van der Waals surface area contributed by atoms with E-state index in [1.807, 2.05) is 76.7 Å². The normalized spacial score (nSPS) is 15.8. The smallest absolute Gasteiger partial charge is 0.246 e. The van der Waals surface area contributed by atoms with E-state index in [0.717, 1.165) is 24.2 Å². The topological polar surface area (TPSA) is 32.8 Å². The molecule has 1 heterocycles. The number of benzene rings is 2. The molecule has 0 atom stereocenters. The molecule has 1 amide bonds. The number of hydrogen-bond donors (Lipinski definition) is 0. The van der Waals surface area contributed by atoms with Crippen molar-refractivity contribution in [1.82, 2.24) is 9.96 Å². The van der Waals surface area contributed by atoms with Crippen LogP contribution in [0.15, 0.2) is 66.7 Å². The monoisotopic (exact) mass is 322 g/mol. The first-order valence-corrected chi connectivity index (χ1v) is 8.25. The van der Waals surface area contributed by atoms with Crippen molar-refractivity contribution in [2.45, 2.75) is 6.61 Å². The lowest BCUT2D eigenvalue weighted by molar-refractivity contribution is -0.187. The van der Waals surface area contributed by atoms with Gasteiger partial charge in [0.2, 0.25) is 5.91 Å². The van der Waals surface area contributed by atoms with Gasteiger partial charge in [-0.2, -0.15) is 5.06 Å². The van der Waals surface area contributed by atoms with Gasteiger partial charge in [0, 0.05) is 32.3 Å². The van der Waals surface area contributed by atoms with E-state index in [0.29, 0.717) is 19.7 Å². The highest BCUT2D eigenvalue weighted by Gasteiger charge is 2.20. The summed E-state index contributed by atoms with van der Waals surface area (Å²) < 4.78 is 0. The quantitative estimate of drug-likeness (QED) is 0.794. The molecule has 0 bridgehead atoms. The van der Waals surface area contributed by atoms with E-state index in [1.165, 1.54) is 0 Å². The Morgan fingerprint density at radius 1 is 0.917 bits per heavy atom. The summed E-state index contributed by atoms with van der Waals surface area (Å²) in [6.45, 7) is 3.41. The van der Waals surface area contributed by atoms with Crippen molar-refractivity contribution in [2.75, 3.05) is 26.2 Å². The largest absolute Gasteiger partial charge is 0.336 e. The van der Waals surface area contributed by atoms with Gasteiger partial charge in [-0.3, -0.25) is 9.63 Å². The lowest BCUT2D eigenvalue weighted by atomic mass is 10.2. The number of rotatable bonds is 5. The maximum absolute atomic E-state index is 12.2. The minimum atomic E-state index is 0.0570. The second-order valence-corrected chi connectivity index (χ2v) is 5.76. The van der Waals surface area contributed by atoms with E-state index >= 15 is 0 Å². The third-order valence-electron chi connectivity index (χ3n) is 4.02. The Bertz CT molecular complexity index is 663. The highest BCUT2D eigenvalue weighted by atomic mass is 16.7. The first-order chi connectivity index (χ1) is 11.8. The van der Waals surface area contributed by atoms with E-state index in [-0.39, 0.29) is 5.91 Å². The van der Waals surface area contributed by atoms with E-state index in [2.05, 4.69) is 0 Å². The van der Waals surface area contributed by atoms with Crippen LogP contribution in [0.4, 0.5) is 0 Å². The number of amides is 1. The van der Waals surface area contributed by atoms with Gasteiger partial charge in [0.25, 0.3) is 0 Å². The molecule has 1 fully saturated rings. The molecule has 1 aliphatic rings. The molecule has 2 aromatic carbocycles. The van der Waals surface area contributed by atoms with Gasteiger partial charge >= 0.3 is 0 Å². The molecule has 4 heteroatoms. The van der Waals surface area contributed by atoms with Gasteiger partial charge in [0.05, 0.1) is 6.61 Å². The molecule has 4 nitrogen and oxygen atoms in total. The first-order valence-electron chi connectivity index (χ1n) is 8.25. The van der Waals surface area contributed by atoms with Crippen LogP contribution < -0.4 is 0 Å². The fourth-order valence-corrected chi connectivity index (χ4v) is 2.61. The molecule has 0 N–H and O–H groups in total. The number of carbonyl (C=O) groups is 1. The van der Waals surface area contributed by atoms with Crippen LogP contribution in [0.25, 0.3) is 6.08 Å². The summed E-state index contributed by atoms with van der Waals surface area (Å²) in [6, 6.07) is 20.0. The van der Waals surface area contributed by atoms with Crippen molar-refractivity contribution in [3.05, 3.63) is 77.9 Å². The average molecular weight is 322 g/mol. The van der Waals surface area contributed by atoms with Gasteiger partial charge in [-0.05, 0) is 17.2 Å². The second kappa shape index (κ2) is 8.43.